The molecule has 104 valence electrons. The molecule has 19 heavy (non-hydrogen) atoms. The van der Waals surface area contributed by atoms with Crippen molar-refractivity contribution in [2.75, 3.05) is 11.9 Å². The maximum atomic E-state index is 12.4. The van der Waals surface area contributed by atoms with Crippen LogP contribution in [0.15, 0.2) is 18.2 Å². The van der Waals surface area contributed by atoms with Crippen molar-refractivity contribution in [2.45, 2.75) is 52.0 Å². The highest BCUT2D eigenvalue weighted by molar-refractivity contribution is 6.00. The lowest BCUT2D eigenvalue weighted by Gasteiger charge is -2.23. The van der Waals surface area contributed by atoms with Crippen molar-refractivity contribution < 1.29 is 4.79 Å². The molecule has 0 aliphatic heterocycles. The van der Waals surface area contributed by atoms with Crippen molar-refractivity contribution in [1.29, 1.82) is 0 Å². The van der Waals surface area contributed by atoms with E-state index in [1.54, 1.807) is 0 Å². The summed E-state index contributed by atoms with van der Waals surface area (Å²) in [7, 11) is 0. The lowest BCUT2D eigenvalue weighted by Crippen LogP contribution is -2.36. The first kappa shape index (κ1) is 13.9. The molecule has 0 atom stereocenters. The Kier molecular flexibility index (Phi) is 4.83. The summed E-state index contributed by atoms with van der Waals surface area (Å²) in [6.07, 6.45) is 6.01. The molecule has 3 heteroatoms. The topological polar surface area (TPSA) is 41.1 Å². The van der Waals surface area contributed by atoms with Gasteiger partial charge < -0.3 is 10.6 Å². The normalized spacial score (nSPS) is 16.1. The number of hydrogen-bond acceptors (Lipinski definition) is 2. The number of rotatable bonds is 4. The van der Waals surface area contributed by atoms with E-state index in [0.717, 1.165) is 36.2 Å². The minimum absolute atomic E-state index is 0.0616. The molecule has 1 aliphatic rings. The summed E-state index contributed by atoms with van der Waals surface area (Å²) < 4.78 is 0. The summed E-state index contributed by atoms with van der Waals surface area (Å²) in [5.74, 6) is 0.0616. The van der Waals surface area contributed by atoms with Crippen molar-refractivity contribution in [3.63, 3.8) is 0 Å². The van der Waals surface area contributed by atoms with Gasteiger partial charge in [-0.25, -0.2) is 0 Å². The van der Waals surface area contributed by atoms with Gasteiger partial charge in [0.1, 0.15) is 0 Å². The first-order valence-electron chi connectivity index (χ1n) is 7.36. The number of nitrogens with one attached hydrogen (secondary N) is 2. The molecule has 1 aromatic carbocycles. The predicted molar refractivity (Wildman–Crippen MR) is 79.7 cm³/mol. The molecule has 0 heterocycles. The lowest BCUT2D eigenvalue weighted by atomic mass is 9.95. The average molecular weight is 260 g/mol. The summed E-state index contributed by atoms with van der Waals surface area (Å²) in [5.41, 5.74) is 2.82. The summed E-state index contributed by atoms with van der Waals surface area (Å²) in [6, 6.07) is 6.36. The molecule has 0 aromatic heterocycles. The Labute approximate surface area is 115 Å². The van der Waals surface area contributed by atoms with Crippen LogP contribution in [-0.4, -0.2) is 18.5 Å². The Morgan fingerprint density at radius 1 is 1.26 bits per heavy atom. The standard InChI is InChI=1S/C16H24N2O/c1-3-17-15-10-9-12(2)11-14(15)16(19)18-13-7-5-4-6-8-13/h9-11,13,17H,3-8H2,1-2H3,(H,18,19). The van der Waals surface area contributed by atoms with Crippen LogP contribution >= 0.6 is 0 Å². The number of amides is 1. The molecular formula is C16H24N2O. The molecule has 1 aliphatic carbocycles. The molecule has 0 bridgehead atoms. The van der Waals surface area contributed by atoms with Crippen LogP contribution in [0.1, 0.15) is 54.9 Å². The fourth-order valence-corrected chi connectivity index (χ4v) is 2.70. The van der Waals surface area contributed by atoms with E-state index in [4.69, 9.17) is 0 Å². The summed E-state index contributed by atoms with van der Waals surface area (Å²) in [6.45, 7) is 4.89. The molecule has 1 aromatic rings. The van der Waals surface area contributed by atoms with E-state index in [0.29, 0.717) is 6.04 Å². The van der Waals surface area contributed by atoms with Crippen LogP contribution in [0.3, 0.4) is 0 Å². The van der Waals surface area contributed by atoms with Crippen molar-refractivity contribution in [1.82, 2.24) is 5.32 Å². The van der Waals surface area contributed by atoms with Crippen LogP contribution in [0.5, 0.6) is 0 Å². The van der Waals surface area contributed by atoms with Crippen LogP contribution in [-0.2, 0) is 0 Å². The molecular weight excluding hydrogens is 236 g/mol. The van der Waals surface area contributed by atoms with Crippen molar-refractivity contribution in [3.05, 3.63) is 29.3 Å². The predicted octanol–water partition coefficient (Wildman–Crippen LogP) is 3.49. The number of hydrogen-bond donors (Lipinski definition) is 2. The van der Waals surface area contributed by atoms with Gasteiger partial charge >= 0.3 is 0 Å². The highest BCUT2D eigenvalue weighted by Gasteiger charge is 2.18. The van der Waals surface area contributed by atoms with Crippen LogP contribution in [0.2, 0.25) is 0 Å². The number of anilines is 1. The molecule has 0 spiro atoms. The number of carbonyl (C=O) groups excluding carboxylic acids is 1. The zero-order valence-electron chi connectivity index (χ0n) is 12.0. The maximum Gasteiger partial charge on any atom is 0.253 e. The van der Waals surface area contributed by atoms with Gasteiger partial charge in [0.25, 0.3) is 5.91 Å². The van der Waals surface area contributed by atoms with Gasteiger partial charge in [0.2, 0.25) is 0 Å². The van der Waals surface area contributed by atoms with E-state index in [1.807, 2.05) is 32.0 Å². The summed E-state index contributed by atoms with van der Waals surface area (Å²) in [5, 5.41) is 6.44. The van der Waals surface area contributed by atoms with E-state index in [-0.39, 0.29) is 5.91 Å². The van der Waals surface area contributed by atoms with Gasteiger partial charge in [-0.15, -0.1) is 0 Å². The van der Waals surface area contributed by atoms with E-state index < -0.39 is 0 Å². The first-order valence-corrected chi connectivity index (χ1v) is 7.36. The van der Waals surface area contributed by atoms with Crippen molar-refractivity contribution >= 4 is 11.6 Å². The quantitative estimate of drug-likeness (QED) is 0.870. The van der Waals surface area contributed by atoms with Gasteiger partial charge in [-0.05, 0) is 38.8 Å². The fraction of sp³-hybridized carbons (Fsp3) is 0.562. The maximum absolute atomic E-state index is 12.4. The Bertz CT molecular complexity index is 436. The third-order valence-electron chi connectivity index (χ3n) is 3.73. The van der Waals surface area contributed by atoms with E-state index in [2.05, 4.69) is 10.6 Å². The second kappa shape index (κ2) is 6.60. The van der Waals surface area contributed by atoms with Crippen LogP contribution in [0.25, 0.3) is 0 Å². The third kappa shape index (κ3) is 3.72. The Morgan fingerprint density at radius 3 is 2.68 bits per heavy atom. The highest BCUT2D eigenvalue weighted by atomic mass is 16.1. The molecule has 0 unspecified atom stereocenters. The monoisotopic (exact) mass is 260 g/mol. The average Bonchev–Trinajstić information content (AvgIpc) is 2.42. The smallest absolute Gasteiger partial charge is 0.253 e. The van der Waals surface area contributed by atoms with Gasteiger partial charge in [-0.2, -0.15) is 0 Å². The Morgan fingerprint density at radius 2 is 2.00 bits per heavy atom. The molecule has 3 nitrogen and oxygen atoms in total. The third-order valence-corrected chi connectivity index (χ3v) is 3.73. The minimum atomic E-state index is 0.0616. The van der Waals surface area contributed by atoms with Gasteiger partial charge in [-0.1, -0.05) is 30.9 Å². The fourth-order valence-electron chi connectivity index (χ4n) is 2.70. The molecule has 0 radical (unpaired) electrons. The summed E-state index contributed by atoms with van der Waals surface area (Å²) in [4.78, 5) is 12.4. The molecule has 1 saturated carbocycles. The number of aryl methyl sites for hydroxylation is 1. The lowest BCUT2D eigenvalue weighted by molar-refractivity contribution is 0.0928. The number of carbonyl (C=O) groups is 1. The van der Waals surface area contributed by atoms with Crippen LogP contribution < -0.4 is 10.6 Å². The Hall–Kier alpha value is -1.51. The van der Waals surface area contributed by atoms with Gasteiger partial charge in [0, 0.05) is 18.3 Å². The molecule has 1 amide bonds. The van der Waals surface area contributed by atoms with Gasteiger partial charge in [-0.3, -0.25) is 4.79 Å². The zero-order valence-corrected chi connectivity index (χ0v) is 12.0. The minimum Gasteiger partial charge on any atom is -0.385 e. The largest absolute Gasteiger partial charge is 0.385 e. The van der Waals surface area contributed by atoms with Crippen LogP contribution in [0, 0.1) is 6.92 Å². The van der Waals surface area contributed by atoms with Crippen LogP contribution in [0.4, 0.5) is 5.69 Å². The van der Waals surface area contributed by atoms with E-state index in [1.165, 1.54) is 19.3 Å². The summed E-state index contributed by atoms with van der Waals surface area (Å²) >= 11 is 0. The number of benzene rings is 1. The Balaban J connectivity index is 2.10. The van der Waals surface area contributed by atoms with Crippen molar-refractivity contribution in [2.24, 2.45) is 0 Å². The van der Waals surface area contributed by atoms with Crippen molar-refractivity contribution in [3.8, 4) is 0 Å². The first-order chi connectivity index (χ1) is 9.20. The van der Waals surface area contributed by atoms with E-state index >= 15 is 0 Å². The van der Waals surface area contributed by atoms with Gasteiger partial charge in [0.05, 0.1) is 5.56 Å². The molecule has 2 rings (SSSR count). The molecule has 0 saturated heterocycles. The zero-order chi connectivity index (χ0) is 13.7. The molecule has 2 N–H and O–H groups in total. The second-order valence-electron chi connectivity index (χ2n) is 5.39. The second-order valence-corrected chi connectivity index (χ2v) is 5.39. The molecule has 1 fully saturated rings. The SMILES string of the molecule is CCNc1ccc(C)cc1C(=O)NC1CCCCC1. The highest BCUT2D eigenvalue weighted by Crippen LogP contribution is 2.20. The van der Waals surface area contributed by atoms with Gasteiger partial charge in [0.15, 0.2) is 0 Å². The van der Waals surface area contributed by atoms with E-state index in [9.17, 15) is 4.79 Å².